The van der Waals surface area contributed by atoms with E-state index in [0.717, 1.165) is 18.9 Å². The maximum atomic E-state index is 13.4. The van der Waals surface area contributed by atoms with E-state index in [1.165, 1.54) is 13.2 Å². The molecule has 17 heavy (non-hydrogen) atoms. The van der Waals surface area contributed by atoms with E-state index in [0.29, 0.717) is 6.61 Å². The Balaban J connectivity index is 2.94. The maximum absolute atomic E-state index is 13.4. The molecule has 4 nitrogen and oxygen atoms in total. The molecule has 0 aliphatic carbocycles. The minimum Gasteiger partial charge on any atom is -0.505 e. The van der Waals surface area contributed by atoms with Crippen molar-refractivity contribution in [3.63, 3.8) is 0 Å². The highest BCUT2D eigenvalue weighted by molar-refractivity contribution is 5.90. The van der Waals surface area contributed by atoms with E-state index in [9.17, 15) is 14.3 Å². The zero-order chi connectivity index (χ0) is 12.8. The highest BCUT2D eigenvalue weighted by atomic mass is 19.1. The van der Waals surface area contributed by atoms with Crippen LogP contribution in [-0.4, -0.2) is 24.8 Å². The summed E-state index contributed by atoms with van der Waals surface area (Å²) in [5, 5.41) is 9.32. The molecule has 0 aliphatic rings. The first-order valence-electron chi connectivity index (χ1n) is 5.33. The highest BCUT2D eigenvalue weighted by Crippen LogP contribution is 2.28. The van der Waals surface area contributed by atoms with Gasteiger partial charge in [0.2, 0.25) is 5.82 Å². The molecule has 0 atom stereocenters. The van der Waals surface area contributed by atoms with Gasteiger partial charge in [0.1, 0.15) is 0 Å². The van der Waals surface area contributed by atoms with Gasteiger partial charge in [-0.05, 0) is 18.6 Å². The SMILES string of the molecule is CCCCOc1cc(C(=O)OC)cc(O)c1F. The van der Waals surface area contributed by atoms with Crippen LogP contribution in [0.5, 0.6) is 11.5 Å². The number of hydrogen-bond acceptors (Lipinski definition) is 4. The summed E-state index contributed by atoms with van der Waals surface area (Å²) in [6.45, 7) is 2.31. The van der Waals surface area contributed by atoms with Crippen molar-refractivity contribution >= 4 is 5.97 Å². The van der Waals surface area contributed by atoms with Crippen LogP contribution in [0.1, 0.15) is 30.1 Å². The molecule has 0 bridgehead atoms. The van der Waals surface area contributed by atoms with Gasteiger partial charge in [-0.15, -0.1) is 0 Å². The summed E-state index contributed by atoms with van der Waals surface area (Å²) < 4.78 is 23.1. The predicted octanol–water partition coefficient (Wildman–Crippen LogP) is 2.50. The third-order valence-electron chi connectivity index (χ3n) is 2.20. The van der Waals surface area contributed by atoms with Gasteiger partial charge >= 0.3 is 5.97 Å². The second-order valence-corrected chi connectivity index (χ2v) is 3.50. The van der Waals surface area contributed by atoms with Crippen LogP contribution in [0.2, 0.25) is 0 Å². The smallest absolute Gasteiger partial charge is 0.338 e. The van der Waals surface area contributed by atoms with Crippen LogP contribution in [0.25, 0.3) is 0 Å². The number of carbonyl (C=O) groups is 1. The summed E-state index contributed by atoms with van der Waals surface area (Å²) in [5.74, 6) is -2.28. The molecule has 0 saturated carbocycles. The van der Waals surface area contributed by atoms with Crippen molar-refractivity contribution in [3.05, 3.63) is 23.5 Å². The molecule has 0 radical (unpaired) electrons. The van der Waals surface area contributed by atoms with E-state index in [1.807, 2.05) is 6.92 Å². The van der Waals surface area contributed by atoms with Crippen molar-refractivity contribution in [2.45, 2.75) is 19.8 Å². The Morgan fingerprint density at radius 3 is 2.76 bits per heavy atom. The topological polar surface area (TPSA) is 55.8 Å². The highest BCUT2D eigenvalue weighted by Gasteiger charge is 2.15. The maximum Gasteiger partial charge on any atom is 0.338 e. The molecule has 0 heterocycles. The molecule has 5 heteroatoms. The van der Waals surface area contributed by atoms with E-state index < -0.39 is 17.5 Å². The van der Waals surface area contributed by atoms with Gasteiger partial charge in [-0.1, -0.05) is 13.3 Å². The third-order valence-corrected chi connectivity index (χ3v) is 2.20. The van der Waals surface area contributed by atoms with Crippen LogP contribution < -0.4 is 4.74 Å². The molecule has 1 aromatic carbocycles. The fraction of sp³-hybridized carbons (Fsp3) is 0.417. The van der Waals surface area contributed by atoms with E-state index in [2.05, 4.69) is 4.74 Å². The Morgan fingerprint density at radius 2 is 2.18 bits per heavy atom. The van der Waals surface area contributed by atoms with E-state index in [-0.39, 0.29) is 11.3 Å². The lowest BCUT2D eigenvalue weighted by Crippen LogP contribution is -2.04. The lowest BCUT2D eigenvalue weighted by Gasteiger charge is -2.09. The van der Waals surface area contributed by atoms with Crippen LogP contribution in [0.4, 0.5) is 4.39 Å². The first-order chi connectivity index (χ1) is 8.10. The number of ether oxygens (including phenoxy) is 2. The van der Waals surface area contributed by atoms with E-state index in [1.54, 1.807) is 0 Å². The number of esters is 1. The Labute approximate surface area is 99.0 Å². The van der Waals surface area contributed by atoms with Gasteiger partial charge in [0, 0.05) is 0 Å². The van der Waals surface area contributed by atoms with Crippen molar-refractivity contribution in [3.8, 4) is 11.5 Å². The summed E-state index contributed by atoms with van der Waals surface area (Å²) in [6, 6.07) is 2.23. The van der Waals surface area contributed by atoms with Crippen LogP contribution in [0.15, 0.2) is 12.1 Å². The average molecular weight is 242 g/mol. The number of benzene rings is 1. The van der Waals surface area contributed by atoms with Gasteiger partial charge in [-0.3, -0.25) is 0 Å². The summed E-state index contributed by atoms with van der Waals surface area (Å²) >= 11 is 0. The number of aromatic hydroxyl groups is 1. The van der Waals surface area contributed by atoms with Gasteiger partial charge in [-0.25, -0.2) is 4.79 Å². The normalized spacial score (nSPS) is 10.1. The molecule has 0 aromatic heterocycles. The fourth-order valence-electron chi connectivity index (χ4n) is 1.25. The molecule has 0 aliphatic heterocycles. The number of methoxy groups -OCH3 is 1. The van der Waals surface area contributed by atoms with E-state index in [4.69, 9.17) is 4.74 Å². The third kappa shape index (κ3) is 3.34. The molecule has 0 spiro atoms. The molecule has 0 saturated heterocycles. The quantitative estimate of drug-likeness (QED) is 0.636. The standard InChI is InChI=1S/C12H15FO4/c1-3-4-5-17-10-7-8(12(15)16-2)6-9(14)11(10)13/h6-7,14H,3-5H2,1-2H3. The number of unbranched alkanes of at least 4 members (excludes halogenated alkanes) is 1. The molecule has 1 N–H and O–H groups in total. The van der Waals surface area contributed by atoms with Gasteiger partial charge < -0.3 is 14.6 Å². The fourth-order valence-corrected chi connectivity index (χ4v) is 1.25. The summed E-state index contributed by atoms with van der Waals surface area (Å²) in [5.41, 5.74) is 0.0536. The van der Waals surface area contributed by atoms with Crippen molar-refractivity contribution in [1.82, 2.24) is 0 Å². The van der Waals surface area contributed by atoms with Crippen molar-refractivity contribution in [2.24, 2.45) is 0 Å². The predicted molar refractivity (Wildman–Crippen MR) is 59.8 cm³/mol. The number of phenols is 1. The molecule has 0 amide bonds. The Morgan fingerprint density at radius 1 is 1.47 bits per heavy atom. The molecular formula is C12H15FO4. The molecule has 94 valence electrons. The van der Waals surface area contributed by atoms with Gasteiger partial charge in [-0.2, -0.15) is 4.39 Å². The Kier molecular flexibility index (Phi) is 4.75. The van der Waals surface area contributed by atoms with Crippen molar-refractivity contribution in [2.75, 3.05) is 13.7 Å². The first-order valence-corrected chi connectivity index (χ1v) is 5.33. The number of phenolic OH excluding ortho intramolecular Hbond substituents is 1. The monoisotopic (exact) mass is 242 g/mol. The zero-order valence-electron chi connectivity index (χ0n) is 9.83. The molecular weight excluding hydrogens is 227 g/mol. The van der Waals surface area contributed by atoms with Gasteiger partial charge in [0.15, 0.2) is 11.5 Å². The number of hydrogen-bond donors (Lipinski definition) is 1. The summed E-state index contributed by atoms with van der Waals surface area (Å²) in [4.78, 5) is 11.2. The lowest BCUT2D eigenvalue weighted by molar-refractivity contribution is 0.0599. The van der Waals surface area contributed by atoms with Crippen molar-refractivity contribution in [1.29, 1.82) is 0 Å². The number of carbonyl (C=O) groups excluding carboxylic acids is 1. The summed E-state index contributed by atoms with van der Waals surface area (Å²) in [6.07, 6.45) is 1.67. The first kappa shape index (κ1) is 13.3. The summed E-state index contributed by atoms with van der Waals surface area (Å²) in [7, 11) is 1.21. The Hall–Kier alpha value is -1.78. The molecule has 1 aromatic rings. The second kappa shape index (κ2) is 6.08. The van der Waals surface area contributed by atoms with Crippen LogP contribution in [-0.2, 0) is 4.74 Å². The van der Waals surface area contributed by atoms with Gasteiger partial charge in [0.05, 0.1) is 19.3 Å². The number of rotatable bonds is 5. The van der Waals surface area contributed by atoms with Gasteiger partial charge in [0.25, 0.3) is 0 Å². The van der Waals surface area contributed by atoms with Crippen LogP contribution >= 0.6 is 0 Å². The molecule has 0 fully saturated rings. The Bertz CT molecular complexity index is 404. The average Bonchev–Trinajstić information content (AvgIpc) is 2.33. The second-order valence-electron chi connectivity index (χ2n) is 3.50. The van der Waals surface area contributed by atoms with Crippen LogP contribution in [0.3, 0.4) is 0 Å². The molecule has 0 unspecified atom stereocenters. The minimum absolute atomic E-state index is 0.0536. The minimum atomic E-state index is -0.867. The van der Waals surface area contributed by atoms with Crippen molar-refractivity contribution < 1.29 is 23.8 Å². The largest absolute Gasteiger partial charge is 0.505 e. The number of halogens is 1. The zero-order valence-corrected chi connectivity index (χ0v) is 9.83. The molecule has 1 rings (SSSR count). The van der Waals surface area contributed by atoms with Crippen LogP contribution in [0, 0.1) is 5.82 Å². The lowest BCUT2D eigenvalue weighted by atomic mass is 10.2. The van der Waals surface area contributed by atoms with E-state index >= 15 is 0 Å².